The molecule has 14 heteroatoms. The minimum atomic E-state index is -1.59. The third-order valence-corrected chi connectivity index (χ3v) is 13.2. The van der Waals surface area contributed by atoms with Gasteiger partial charge >= 0.3 is 0 Å². The molecule has 0 aromatic heterocycles. The molecule has 0 unspecified atom stereocenters. The third-order valence-electron chi connectivity index (χ3n) is 12.3. The van der Waals surface area contributed by atoms with Crippen LogP contribution in [0.2, 0.25) is 5.02 Å². The van der Waals surface area contributed by atoms with Crippen LogP contribution in [0.25, 0.3) is 0 Å². The summed E-state index contributed by atoms with van der Waals surface area (Å²) in [4.78, 5) is 62.8. The first-order valence-electron chi connectivity index (χ1n) is 18.8. The number of fused-ring (bicyclic) bond motifs is 4. The predicted octanol–water partition coefficient (Wildman–Crippen LogP) is 6.98. The average Bonchev–Trinajstić information content (AvgIpc) is 3.60. The number of amides is 4. The molecule has 1 saturated carbocycles. The molecule has 2 N–H and O–H groups in total. The second-order valence-electron chi connectivity index (χ2n) is 15.1. The van der Waals surface area contributed by atoms with Crippen LogP contribution in [0.3, 0.4) is 0 Å². The highest BCUT2D eigenvalue weighted by molar-refractivity contribution is 9.10. The number of benzene rings is 4. The Hall–Kier alpha value is -5.24. The lowest BCUT2D eigenvalue weighted by Gasteiger charge is -2.50. The smallest absolute Gasteiger partial charge is 0.260 e. The first-order chi connectivity index (χ1) is 27.5. The van der Waals surface area contributed by atoms with Gasteiger partial charge in [0.15, 0.2) is 11.5 Å². The number of ether oxygens (including phenoxy) is 2. The molecule has 3 aliphatic heterocycles. The lowest BCUT2D eigenvalue weighted by atomic mass is 9.49. The number of methoxy groups -OCH3 is 1. The van der Waals surface area contributed by atoms with Crippen molar-refractivity contribution >= 4 is 68.2 Å². The van der Waals surface area contributed by atoms with Crippen LogP contribution in [0.15, 0.2) is 101 Å². The fourth-order valence-electron chi connectivity index (χ4n) is 9.83. The molecule has 0 spiro atoms. The Labute approximate surface area is 341 Å². The van der Waals surface area contributed by atoms with Crippen LogP contribution in [-0.2, 0) is 29.3 Å². The zero-order valence-electron chi connectivity index (χ0n) is 30.7. The van der Waals surface area contributed by atoms with E-state index in [9.17, 15) is 23.9 Å². The number of phenols is 1. The quantitative estimate of drug-likeness (QED) is 0.150. The number of hydrogen-bond donors (Lipinski definition) is 2. The zero-order chi connectivity index (χ0) is 39.7. The molecular weight excluding hydrogens is 819 g/mol. The number of rotatable bonds is 7. The number of anilines is 3. The van der Waals surface area contributed by atoms with Crippen molar-refractivity contribution in [3.8, 4) is 11.5 Å². The van der Waals surface area contributed by atoms with Crippen LogP contribution in [-0.4, -0.2) is 67.2 Å². The maximum atomic E-state index is 15.4. The molecule has 4 fully saturated rings. The molecule has 0 radical (unpaired) electrons. The van der Waals surface area contributed by atoms with Crippen molar-refractivity contribution in [2.45, 2.75) is 24.2 Å². The van der Waals surface area contributed by atoms with Crippen LogP contribution < -0.4 is 20.0 Å². The number of imide groups is 2. The van der Waals surface area contributed by atoms with E-state index in [0.29, 0.717) is 45.2 Å². The van der Waals surface area contributed by atoms with Gasteiger partial charge in [-0.25, -0.2) is 4.39 Å². The second kappa shape index (κ2) is 14.3. The summed E-state index contributed by atoms with van der Waals surface area (Å²) < 4.78 is 25.3. The Morgan fingerprint density at radius 2 is 1.58 bits per heavy atom. The van der Waals surface area contributed by atoms with Gasteiger partial charge in [0.05, 0.1) is 59.3 Å². The molecule has 4 aromatic rings. The number of hydrazine groups is 1. The molecule has 9 rings (SSSR count). The summed E-state index contributed by atoms with van der Waals surface area (Å²) in [6.45, 7) is 2.72. The van der Waals surface area contributed by atoms with Crippen molar-refractivity contribution in [1.82, 2.24) is 5.01 Å². The van der Waals surface area contributed by atoms with Crippen LogP contribution in [0, 0.1) is 29.5 Å². The number of carbonyl (C=O) groups excluding carboxylic acids is 4. The summed E-state index contributed by atoms with van der Waals surface area (Å²) in [5.41, 5.74) is 4.91. The summed E-state index contributed by atoms with van der Waals surface area (Å²) in [6, 6.07) is 22.9. The summed E-state index contributed by atoms with van der Waals surface area (Å²) in [6.07, 6.45) is 2.27. The Kier molecular flexibility index (Phi) is 9.37. The first kappa shape index (κ1) is 37.3. The zero-order valence-corrected chi connectivity index (χ0v) is 33.0. The number of hydrogen-bond acceptors (Lipinski definition) is 9. The van der Waals surface area contributed by atoms with E-state index in [-0.39, 0.29) is 36.2 Å². The van der Waals surface area contributed by atoms with Crippen LogP contribution in [0.1, 0.15) is 29.9 Å². The maximum absolute atomic E-state index is 15.4. The van der Waals surface area contributed by atoms with Crippen molar-refractivity contribution in [3.05, 3.63) is 123 Å². The Bertz CT molecular complexity index is 2340. The first-order valence-corrected chi connectivity index (χ1v) is 19.9. The molecule has 3 heterocycles. The van der Waals surface area contributed by atoms with Crippen LogP contribution >= 0.6 is 27.5 Å². The SMILES string of the molecule is COc1cc([C@H]2C3=CC[C@@H]4C(=O)N(c5ccc(N6CCOCC6)cc5)C(=O)[C@@H]4[C@@H]3C[C@H]3C(=O)N(Nc4ccc(F)cc4)C(=O)[C@@]23c2ccc(Cl)cc2)cc(Br)c1O. The highest BCUT2D eigenvalue weighted by Crippen LogP contribution is 2.65. The van der Waals surface area contributed by atoms with E-state index in [2.05, 4.69) is 26.3 Å². The van der Waals surface area contributed by atoms with Gasteiger partial charge in [-0.3, -0.25) is 29.5 Å². The molecule has 57 heavy (non-hydrogen) atoms. The molecule has 292 valence electrons. The molecule has 4 amide bonds. The second-order valence-corrected chi connectivity index (χ2v) is 16.3. The normalized spacial score (nSPS) is 26.9. The van der Waals surface area contributed by atoms with Gasteiger partial charge in [0.1, 0.15) is 5.82 Å². The largest absolute Gasteiger partial charge is 0.503 e. The number of halogens is 3. The van der Waals surface area contributed by atoms with Crippen LogP contribution in [0.4, 0.5) is 21.5 Å². The number of aromatic hydroxyl groups is 1. The molecule has 5 aliphatic rings. The minimum absolute atomic E-state index is 0.0809. The Morgan fingerprint density at radius 3 is 2.26 bits per heavy atom. The Morgan fingerprint density at radius 1 is 0.895 bits per heavy atom. The summed E-state index contributed by atoms with van der Waals surface area (Å²) >= 11 is 9.88. The highest BCUT2D eigenvalue weighted by atomic mass is 79.9. The topological polar surface area (TPSA) is 129 Å². The average molecular weight is 856 g/mol. The number of carbonyl (C=O) groups is 4. The number of morpholine rings is 1. The van der Waals surface area contributed by atoms with Crippen molar-refractivity contribution < 1.29 is 38.1 Å². The molecule has 3 saturated heterocycles. The van der Waals surface area contributed by atoms with Gasteiger partial charge in [0.2, 0.25) is 11.8 Å². The van der Waals surface area contributed by atoms with Gasteiger partial charge in [-0.2, -0.15) is 5.01 Å². The number of allylic oxidation sites excluding steroid dienone is 2. The fourth-order valence-corrected chi connectivity index (χ4v) is 10.4. The van der Waals surface area contributed by atoms with E-state index in [0.717, 1.165) is 29.4 Å². The van der Waals surface area contributed by atoms with E-state index in [1.54, 1.807) is 48.5 Å². The molecular formula is C43H37BrClFN4O7. The van der Waals surface area contributed by atoms with Crippen molar-refractivity contribution in [2.75, 3.05) is 48.6 Å². The highest BCUT2D eigenvalue weighted by Gasteiger charge is 2.70. The van der Waals surface area contributed by atoms with E-state index in [1.165, 1.54) is 36.3 Å². The molecule has 11 nitrogen and oxygen atoms in total. The lowest BCUT2D eigenvalue weighted by Crippen LogP contribution is -2.53. The fraction of sp³-hybridized carbons (Fsp3) is 0.302. The number of phenolic OH excluding ortho intramolecular Hbond substituents is 1. The van der Waals surface area contributed by atoms with Crippen molar-refractivity contribution in [1.29, 1.82) is 0 Å². The van der Waals surface area contributed by atoms with Gasteiger partial charge in [-0.15, -0.1) is 0 Å². The summed E-state index contributed by atoms with van der Waals surface area (Å²) in [5, 5.41) is 12.3. The standard InChI is InChI=1S/C43H37BrClFN4O7/c1-56-35-21-23(20-34(44)38(35)51)37-30-14-15-31-36(41(54)49(39(31)52)29-12-10-28(11-13-29)48-16-18-57-19-17-48)32(30)22-33-40(53)50(47-27-8-6-26(46)7-9-27)42(55)43(33,37)24-2-4-25(45)5-3-24/h2-14,20-21,31-33,36-37,47,51H,15-19,22H2,1H3/t31-,32+,33-,36-,37-,43+/m0/s1. The minimum Gasteiger partial charge on any atom is -0.503 e. The van der Waals surface area contributed by atoms with Gasteiger partial charge in [-0.05, 0) is 119 Å². The van der Waals surface area contributed by atoms with Crippen molar-refractivity contribution in [3.63, 3.8) is 0 Å². The van der Waals surface area contributed by atoms with Crippen LogP contribution in [0.5, 0.6) is 11.5 Å². The number of nitrogens with one attached hydrogen (secondary N) is 1. The maximum Gasteiger partial charge on any atom is 0.260 e. The molecule has 2 aliphatic carbocycles. The predicted molar refractivity (Wildman–Crippen MR) is 213 cm³/mol. The third kappa shape index (κ3) is 5.84. The van der Waals surface area contributed by atoms with E-state index >= 15 is 4.79 Å². The number of nitrogens with zero attached hydrogens (tertiary/aromatic N) is 3. The van der Waals surface area contributed by atoms with E-state index < -0.39 is 52.6 Å². The molecule has 6 atom stereocenters. The van der Waals surface area contributed by atoms with Gasteiger partial charge in [0, 0.05) is 29.7 Å². The molecule has 0 bridgehead atoms. The molecule has 4 aromatic carbocycles. The summed E-state index contributed by atoms with van der Waals surface area (Å²) in [5.74, 6) is -6.30. The lowest BCUT2D eigenvalue weighted by molar-refractivity contribution is -0.138. The van der Waals surface area contributed by atoms with Crippen molar-refractivity contribution in [2.24, 2.45) is 23.7 Å². The van der Waals surface area contributed by atoms with Gasteiger partial charge in [0.25, 0.3) is 11.8 Å². The van der Waals surface area contributed by atoms with E-state index in [1.807, 2.05) is 18.2 Å². The summed E-state index contributed by atoms with van der Waals surface area (Å²) in [7, 11) is 1.42. The van der Waals surface area contributed by atoms with E-state index in [4.69, 9.17) is 21.1 Å². The van der Waals surface area contributed by atoms with Gasteiger partial charge < -0.3 is 19.5 Å². The monoisotopic (exact) mass is 854 g/mol. The Balaban J connectivity index is 1.18. The van der Waals surface area contributed by atoms with Gasteiger partial charge in [-0.1, -0.05) is 35.4 Å².